The number of aromatic nitrogens is 4. The quantitative estimate of drug-likeness (QED) is 0.630. The van der Waals surface area contributed by atoms with Crippen molar-refractivity contribution < 1.29 is 5.11 Å². The molecule has 1 N–H and O–H groups in total. The summed E-state index contributed by atoms with van der Waals surface area (Å²) in [5.41, 5.74) is 2.14. The summed E-state index contributed by atoms with van der Waals surface area (Å²) in [6.07, 6.45) is 1.49. The number of β-amino-alcohol motifs (C(OH)–C–C–N with tert-alkyl or cyclic N) is 1. The van der Waals surface area contributed by atoms with Crippen LogP contribution in [-0.2, 0) is 13.6 Å². The minimum atomic E-state index is -0.364. The van der Waals surface area contributed by atoms with Crippen LogP contribution in [0, 0.1) is 6.92 Å². The van der Waals surface area contributed by atoms with Crippen molar-refractivity contribution in [1.82, 2.24) is 29.5 Å². The lowest BCUT2D eigenvalue weighted by Crippen LogP contribution is -2.50. The van der Waals surface area contributed by atoms with E-state index in [0.29, 0.717) is 13.1 Å². The molecule has 1 saturated heterocycles. The van der Waals surface area contributed by atoms with E-state index in [2.05, 4.69) is 56.1 Å². The van der Waals surface area contributed by atoms with E-state index in [4.69, 9.17) is 4.98 Å². The molecule has 3 heterocycles. The highest BCUT2D eigenvalue weighted by Crippen LogP contribution is 2.24. The number of aliphatic hydroxyl groups excluding tert-OH is 1. The summed E-state index contributed by atoms with van der Waals surface area (Å²) in [6, 6.07) is 10.4. The van der Waals surface area contributed by atoms with E-state index < -0.39 is 0 Å². The van der Waals surface area contributed by atoms with Gasteiger partial charge >= 0.3 is 0 Å². The number of piperazine rings is 1. The molecule has 0 amide bonds. The molecule has 1 atom stereocenters. The van der Waals surface area contributed by atoms with Crippen LogP contribution in [0.5, 0.6) is 0 Å². The summed E-state index contributed by atoms with van der Waals surface area (Å²) in [5.74, 6) is 1.73. The van der Waals surface area contributed by atoms with Crippen LogP contribution in [0.3, 0.4) is 0 Å². The molecule has 30 heavy (non-hydrogen) atoms. The minimum Gasteiger partial charge on any atom is -0.390 e. The number of aryl methyl sites for hydroxylation is 2. The Balaban J connectivity index is 1.30. The lowest BCUT2D eigenvalue weighted by atomic mass is 10.2. The van der Waals surface area contributed by atoms with Crippen LogP contribution in [0.4, 0.5) is 5.82 Å². The van der Waals surface area contributed by atoms with Crippen molar-refractivity contribution in [2.24, 2.45) is 7.05 Å². The fourth-order valence-corrected chi connectivity index (χ4v) is 4.17. The highest BCUT2D eigenvalue weighted by atomic mass is 16.3. The second-order valence-corrected chi connectivity index (χ2v) is 8.22. The smallest absolute Gasteiger partial charge is 0.163 e. The molecule has 1 aliphatic heterocycles. The SMILES string of the molecule is Cc1nc(N2CCN(CC(O)CN(C)Cc3ccccc3)CC2)c2cnn(C)c2n1. The Morgan fingerprint density at radius 1 is 1.10 bits per heavy atom. The van der Waals surface area contributed by atoms with Crippen LogP contribution in [0.1, 0.15) is 11.4 Å². The molecule has 1 aliphatic rings. The van der Waals surface area contributed by atoms with Gasteiger partial charge in [-0.25, -0.2) is 9.97 Å². The summed E-state index contributed by atoms with van der Waals surface area (Å²) in [7, 11) is 3.97. The van der Waals surface area contributed by atoms with Gasteiger partial charge in [0.1, 0.15) is 11.6 Å². The Hall–Kier alpha value is -2.55. The van der Waals surface area contributed by atoms with Crippen molar-refractivity contribution in [2.45, 2.75) is 19.6 Å². The lowest BCUT2D eigenvalue weighted by molar-refractivity contribution is 0.0776. The van der Waals surface area contributed by atoms with Gasteiger partial charge in [0.05, 0.1) is 17.7 Å². The van der Waals surface area contributed by atoms with E-state index >= 15 is 0 Å². The summed E-state index contributed by atoms with van der Waals surface area (Å²) >= 11 is 0. The first-order valence-corrected chi connectivity index (χ1v) is 10.5. The number of likely N-dealkylation sites (N-methyl/N-ethyl adjacent to an activating group) is 1. The number of hydrogen-bond donors (Lipinski definition) is 1. The highest BCUT2D eigenvalue weighted by Gasteiger charge is 2.23. The summed E-state index contributed by atoms with van der Waals surface area (Å²) in [5, 5.41) is 15.9. The topological polar surface area (TPSA) is 73.6 Å². The van der Waals surface area contributed by atoms with E-state index in [1.165, 1.54) is 5.56 Å². The maximum absolute atomic E-state index is 10.6. The molecule has 0 spiro atoms. The van der Waals surface area contributed by atoms with Crippen molar-refractivity contribution in [1.29, 1.82) is 0 Å². The van der Waals surface area contributed by atoms with Crippen molar-refractivity contribution in [3.8, 4) is 0 Å². The molecule has 0 bridgehead atoms. The van der Waals surface area contributed by atoms with E-state index in [9.17, 15) is 5.11 Å². The molecule has 160 valence electrons. The standard InChI is InChI=1S/C22H31N7O/c1-17-24-21-20(13-23-27(21)3)22(25-17)29-11-9-28(10-12-29)16-19(30)15-26(2)14-18-7-5-4-6-8-18/h4-8,13,19,30H,9-12,14-16H2,1-3H3. The number of fused-ring (bicyclic) bond motifs is 1. The number of benzene rings is 1. The number of nitrogens with zero attached hydrogens (tertiary/aromatic N) is 7. The molecule has 1 unspecified atom stereocenters. The number of aliphatic hydroxyl groups is 1. The molecule has 1 aromatic carbocycles. The fourth-order valence-electron chi connectivity index (χ4n) is 4.17. The van der Waals surface area contributed by atoms with Gasteiger partial charge in [0.25, 0.3) is 0 Å². The maximum atomic E-state index is 10.6. The van der Waals surface area contributed by atoms with Gasteiger partial charge in [-0.05, 0) is 19.5 Å². The van der Waals surface area contributed by atoms with Crippen LogP contribution in [0.2, 0.25) is 0 Å². The minimum absolute atomic E-state index is 0.364. The predicted octanol–water partition coefficient (Wildman–Crippen LogP) is 1.29. The third kappa shape index (κ3) is 4.77. The van der Waals surface area contributed by atoms with Crippen molar-refractivity contribution >= 4 is 16.9 Å². The van der Waals surface area contributed by atoms with Gasteiger partial charge in [-0.2, -0.15) is 5.10 Å². The molecule has 3 aromatic rings. The normalized spacial score (nSPS) is 16.5. The van der Waals surface area contributed by atoms with Crippen LogP contribution >= 0.6 is 0 Å². The fraction of sp³-hybridized carbons (Fsp3) is 0.500. The van der Waals surface area contributed by atoms with Gasteiger partial charge in [0.15, 0.2) is 5.65 Å². The molecule has 1 fully saturated rings. The molecule has 8 nitrogen and oxygen atoms in total. The first-order valence-electron chi connectivity index (χ1n) is 10.5. The Labute approximate surface area is 177 Å². The Morgan fingerprint density at radius 3 is 2.57 bits per heavy atom. The largest absolute Gasteiger partial charge is 0.390 e. The first kappa shape index (κ1) is 20.7. The first-order chi connectivity index (χ1) is 14.5. The average molecular weight is 410 g/mol. The second kappa shape index (κ2) is 9.07. The van der Waals surface area contributed by atoms with E-state index in [0.717, 1.165) is 55.4 Å². The van der Waals surface area contributed by atoms with Gasteiger partial charge in [0, 0.05) is 52.9 Å². The zero-order chi connectivity index (χ0) is 21.1. The van der Waals surface area contributed by atoms with Crippen LogP contribution in [0.15, 0.2) is 36.5 Å². The van der Waals surface area contributed by atoms with Gasteiger partial charge in [-0.15, -0.1) is 0 Å². The van der Waals surface area contributed by atoms with Crippen molar-refractivity contribution in [3.63, 3.8) is 0 Å². The lowest BCUT2D eigenvalue weighted by Gasteiger charge is -2.36. The third-order valence-electron chi connectivity index (χ3n) is 5.64. The number of anilines is 1. The molecule has 0 radical (unpaired) electrons. The van der Waals surface area contributed by atoms with Gasteiger partial charge in [-0.1, -0.05) is 30.3 Å². The zero-order valence-electron chi connectivity index (χ0n) is 18.1. The van der Waals surface area contributed by atoms with Gasteiger partial charge in [0.2, 0.25) is 0 Å². The molecule has 4 rings (SSSR count). The number of hydrogen-bond acceptors (Lipinski definition) is 7. The number of rotatable bonds is 7. The Kier molecular flexibility index (Phi) is 6.26. The van der Waals surface area contributed by atoms with Crippen LogP contribution in [-0.4, -0.2) is 87.1 Å². The molecule has 0 aliphatic carbocycles. The molecular weight excluding hydrogens is 378 g/mol. The average Bonchev–Trinajstić information content (AvgIpc) is 3.09. The molecule has 2 aromatic heterocycles. The monoisotopic (exact) mass is 409 g/mol. The summed E-state index contributed by atoms with van der Waals surface area (Å²) < 4.78 is 1.80. The summed E-state index contributed by atoms with van der Waals surface area (Å²) in [6.45, 7) is 7.71. The van der Waals surface area contributed by atoms with Crippen LogP contribution < -0.4 is 4.90 Å². The van der Waals surface area contributed by atoms with Crippen molar-refractivity contribution in [3.05, 3.63) is 47.9 Å². The molecule has 8 heteroatoms. The third-order valence-corrected chi connectivity index (χ3v) is 5.64. The van der Waals surface area contributed by atoms with Gasteiger partial charge in [-0.3, -0.25) is 14.5 Å². The maximum Gasteiger partial charge on any atom is 0.163 e. The van der Waals surface area contributed by atoms with E-state index in [-0.39, 0.29) is 6.10 Å². The van der Waals surface area contributed by atoms with E-state index in [1.807, 2.05) is 26.2 Å². The van der Waals surface area contributed by atoms with Crippen molar-refractivity contribution in [2.75, 3.05) is 51.2 Å². The van der Waals surface area contributed by atoms with Crippen LogP contribution in [0.25, 0.3) is 11.0 Å². The predicted molar refractivity (Wildman–Crippen MR) is 118 cm³/mol. The van der Waals surface area contributed by atoms with Gasteiger partial charge < -0.3 is 10.0 Å². The van der Waals surface area contributed by atoms with E-state index in [1.54, 1.807) is 4.68 Å². The second-order valence-electron chi connectivity index (χ2n) is 8.22. The Morgan fingerprint density at radius 2 is 1.83 bits per heavy atom. The molecular formula is C22H31N7O. The molecule has 0 saturated carbocycles. The zero-order valence-corrected chi connectivity index (χ0v) is 18.1. The highest BCUT2D eigenvalue weighted by molar-refractivity contribution is 5.87. The summed E-state index contributed by atoms with van der Waals surface area (Å²) in [4.78, 5) is 16.0. The Bertz CT molecular complexity index is 966.